The van der Waals surface area contributed by atoms with Crippen LogP contribution in [0.5, 0.6) is 0 Å². The highest BCUT2D eigenvalue weighted by molar-refractivity contribution is 14.0. The fourth-order valence-electron chi connectivity index (χ4n) is 2.39. The summed E-state index contributed by atoms with van der Waals surface area (Å²) in [5, 5.41) is 6.33. The lowest BCUT2D eigenvalue weighted by Crippen LogP contribution is -2.38. The van der Waals surface area contributed by atoms with E-state index in [1.54, 1.807) is 7.05 Å². The molecule has 0 saturated heterocycles. The number of rotatable bonds is 6. The lowest BCUT2D eigenvalue weighted by atomic mass is 10.1. The van der Waals surface area contributed by atoms with E-state index in [1.807, 2.05) is 37.2 Å². The van der Waals surface area contributed by atoms with E-state index in [0.29, 0.717) is 25.5 Å². The van der Waals surface area contributed by atoms with Gasteiger partial charge in [-0.15, -0.1) is 24.0 Å². The van der Waals surface area contributed by atoms with Gasteiger partial charge in [-0.05, 0) is 36.2 Å². The number of halogens is 4. The Hall–Kier alpha value is -2.04. The third-order valence-electron chi connectivity index (χ3n) is 3.90. The maximum atomic E-state index is 12.6. The summed E-state index contributed by atoms with van der Waals surface area (Å²) in [7, 11) is 5.53. The summed E-state index contributed by atoms with van der Waals surface area (Å²) >= 11 is 0. The van der Waals surface area contributed by atoms with Crippen molar-refractivity contribution in [3.63, 3.8) is 0 Å². The highest BCUT2D eigenvalue weighted by Gasteiger charge is 2.29. The molecule has 154 valence electrons. The number of guanidine groups is 1. The molecule has 9 heteroatoms. The molecule has 5 nitrogen and oxygen atoms in total. The molecule has 2 N–H and O–H groups in total. The van der Waals surface area contributed by atoms with E-state index in [9.17, 15) is 13.2 Å². The molecule has 1 aromatic heterocycles. The third-order valence-corrected chi connectivity index (χ3v) is 3.90. The van der Waals surface area contributed by atoms with Crippen LogP contribution in [0.4, 0.5) is 19.0 Å². The fraction of sp³-hybridized carbons (Fsp3) is 0.368. The van der Waals surface area contributed by atoms with Crippen LogP contribution in [0.1, 0.15) is 16.8 Å². The average Bonchev–Trinajstić information content (AvgIpc) is 2.64. The van der Waals surface area contributed by atoms with Crippen molar-refractivity contribution in [2.75, 3.05) is 32.6 Å². The fourth-order valence-corrected chi connectivity index (χ4v) is 2.39. The third kappa shape index (κ3) is 7.53. The van der Waals surface area contributed by atoms with Gasteiger partial charge in [0.05, 0.1) is 17.8 Å². The van der Waals surface area contributed by atoms with Crippen molar-refractivity contribution in [2.24, 2.45) is 4.99 Å². The molecule has 0 aliphatic rings. The summed E-state index contributed by atoms with van der Waals surface area (Å²) in [6, 6.07) is 11.0. The van der Waals surface area contributed by atoms with Gasteiger partial charge >= 0.3 is 6.18 Å². The largest absolute Gasteiger partial charge is 0.416 e. The summed E-state index contributed by atoms with van der Waals surface area (Å²) in [6.07, 6.45) is -3.71. The van der Waals surface area contributed by atoms with Gasteiger partial charge in [-0.25, -0.2) is 4.98 Å². The molecule has 0 fully saturated rings. The van der Waals surface area contributed by atoms with Gasteiger partial charge in [-0.3, -0.25) is 4.99 Å². The van der Waals surface area contributed by atoms with E-state index in [2.05, 4.69) is 20.6 Å². The van der Waals surface area contributed by atoms with Crippen LogP contribution in [0.3, 0.4) is 0 Å². The van der Waals surface area contributed by atoms with Crippen molar-refractivity contribution in [3.8, 4) is 0 Å². The van der Waals surface area contributed by atoms with Gasteiger partial charge < -0.3 is 15.5 Å². The maximum absolute atomic E-state index is 12.6. The Kier molecular flexibility index (Phi) is 9.50. The first-order valence-corrected chi connectivity index (χ1v) is 8.53. The Morgan fingerprint density at radius 2 is 1.75 bits per heavy atom. The Balaban J connectivity index is 0.00000392. The van der Waals surface area contributed by atoms with Crippen LogP contribution < -0.4 is 15.5 Å². The van der Waals surface area contributed by atoms with Gasteiger partial charge in [0.25, 0.3) is 0 Å². The number of nitrogens with one attached hydrogen (secondary N) is 2. The predicted molar refractivity (Wildman–Crippen MR) is 117 cm³/mol. The molecule has 28 heavy (non-hydrogen) atoms. The number of anilines is 1. The lowest BCUT2D eigenvalue weighted by Gasteiger charge is -2.14. The smallest absolute Gasteiger partial charge is 0.363 e. The zero-order valence-corrected chi connectivity index (χ0v) is 18.4. The highest BCUT2D eigenvalue weighted by atomic mass is 127. The molecule has 0 saturated carbocycles. The molecular formula is C19H25F3IN5. The minimum Gasteiger partial charge on any atom is -0.363 e. The Labute approximate surface area is 180 Å². The van der Waals surface area contributed by atoms with Crippen molar-refractivity contribution in [2.45, 2.75) is 19.1 Å². The predicted octanol–water partition coefficient (Wildman–Crippen LogP) is 3.69. The van der Waals surface area contributed by atoms with E-state index in [4.69, 9.17) is 0 Å². The van der Waals surface area contributed by atoms with Crippen LogP contribution >= 0.6 is 24.0 Å². The second-order valence-corrected chi connectivity index (χ2v) is 6.18. The zero-order chi connectivity index (χ0) is 19.9. The van der Waals surface area contributed by atoms with Gasteiger partial charge in [-0.1, -0.05) is 18.2 Å². The quantitative estimate of drug-likeness (QED) is 0.356. The van der Waals surface area contributed by atoms with Crippen LogP contribution in [0, 0.1) is 0 Å². The number of nitrogens with zero attached hydrogens (tertiary/aromatic N) is 3. The van der Waals surface area contributed by atoms with Crippen molar-refractivity contribution < 1.29 is 13.2 Å². The standard InChI is InChI=1S/C19H24F3N5.HI/c1-23-18(25-13-16-5-4-6-17(26-16)27(2)3)24-12-11-14-7-9-15(10-8-14)19(20,21)22;/h4-10H,11-13H2,1-3H3,(H2,23,24,25);1H. The van der Waals surface area contributed by atoms with Crippen LogP contribution in [-0.2, 0) is 19.1 Å². The summed E-state index contributed by atoms with van der Waals surface area (Å²) in [5.74, 6) is 1.48. The highest BCUT2D eigenvalue weighted by Crippen LogP contribution is 2.29. The number of aromatic nitrogens is 1. The van der Waals surface area contributed by atoms with Crippen LogP contribution in [0.15, 0.2) is 47.5 Å². The van der Waals surface area contributed by atoms with Gasteiger partial charge in [0.2, 0.25) is 0 Å². The monoisotopic (exact) mass is 507 g/mol. The molecular weight excluding hydrogens is 482 g/mol. The Morgan fingerprint density at radius 1 is 1.07 bits per heavy atom. The van der Waals surface area contributed by atoms with Crippen LogP contribution in [0.25, 0.3) is 0 Å². The number of pyridine rings is 1. The molecule has 0 radical (unpaired) electrons. The van der Waals surface area contributed by atoms with E-state index in [1.165, 1.54) is 12.1 Å². The molecule has 2 aromatic rings. The molecule has 0 amide bonds. The second kappa shape index (κ2) is 11.1. The SMILES string of the molecule is CN=C(NCCc1ccc(C(F)(F)F)cc1)NCc1cccc(N(C)C)n1.I. The van der Waals surface area contributed by atoms with Gasteiger partial charge in [0.15, 0.2) is 5.96 Å². The van der Waals surface area contributed by atoms with E-state index in [0.717, 1.165) is 29.2 Å². The number of hydrogen-bond donors (Lipinski definition) is 2. The van der Waals surface area contributed by atoms with Crippen molar-refractivity contribution >= 4 is 35.8 Å². The lowest BCUT2D eigenvalue weighted by molar-refractivity contribution is -0.137. The molecule has 0 aliphatic heterocycles. The normalized spacial score (nSPS) is 11.6. The molecule has 1 heterocycles. The zero-order valence-electron chi connectivity index (χ0n) is 16.0. The van der Waals surface area contributed by atoms with E-state index >= 15 is 0 Å². The van der Waals surface area contributed by atoms with Crippen LogP contribution in [-0.4, -0.2) is 38.6 Å². The summed E-state index contributed by atoms with van der Waals surface area (Å²) in [5.41, 5.74) is 1.07. The van der Waals surface area contributed by atoms with E-state index in [-0.39, 0.29) is 24.0 Å². The van der Waals surface area contributed by atoms with Gasteiger partial charge in [0.1, 0.15) is 5.82 Å². The molecule has 2 rings (SSSR count). The number of benzene rings is 1. The molecule has 0 unspecified atom stereocenters. The first-order chi connectivity index (χ1) is 12.8. The average molecular weight is 507 g/mol. The minimum absolute atomic E-state index is 0. The van der Waals surface area contributed by atoms with Crippen molar-refractivity contribution in [1.82, 2.24) is 15.6 Å². The number of alkyl halides is 3. The molecule has 0 atom stereocenters. The maximum Gasteiger partial charge on any atom is 0.416 e. The van der Waals surface area contributed by atoms with Crippen molar-refractivity contribution in [1.29, 1.82) is 0 Å². The van der Waals surface area contributed by atoms with Crippen molar-refractivity contribution in [3.05, 3.63) is 59.3 Å². The summed E-state index contributed by atoms with van der Waals surface area (Å²) in [4.78, 5) is 10.6. The molecule has 0 aliphatic carbocycles. The molecule has 0 bridgehead atoms. The topological polar surface area (TPSA) is 52.6 Å². The Bertz CT molecular complexity index is 761. The number of aliphatic imine (C=N–C) groups is 1. The van der Waals surface area contributed by atoms with E-state index < -0.39 is 11.7 Å². The Morgan fingerprint density at radius 3 is 2.32 bits per heavy atom. The first kappa shape index (κ1) is 24.0. The molecule has 0 spiro atoms. The van der Waals surface area contributed by atoms with Gasteiger partial charge in [0, 0.05) is 27.7 Å². The summed E-state index contributed by atoms with van der Waals surface area (Å²) in [6.45, 7) is 1.07. The first-order valence-electron chi connectivity index (χ1n) is 8.53. The van der Waals surface area contributed by atoms with Crippen LogP contribution in [0.2, 0.25) is 0 Å². The molecule has 1 aromatic carbocycles. The number of hydrogen-bond acceptors (Lipinski definition) is 3. The van der Waals surface area contributed by atoms with Gasteiger partial charge in [-0.2, -0.15) is 13.2 Å². The minimum atomic E-state index is -4.30. The second-order valence-electron chi connectivity index (χ2n) is 6.18. The summed E-state index contributed by atoms with van der Waals surface area (Å²) < 4.78 is 37.7.